The van der Waals surface area contributed by atoms with Crippen molar-refractivity contribution in [2.24, 2.45) is 0 Å². The minimum atomic E-state index is 0.253. The van der Waals surface area contributed by atoms with E-state index in [-0.39, 0.29) is 6.04 Å². The number of hydrogen-bond acceptors (Lipinski definition) is 3. The van der Waals surface area contributed by atoms with E-state index >= 15 is 0 Å². The summed E-state index contributed by atoms with van der Waals surface area (Å²) in [4.78, 5) is 10.4. The molecule has 0 saturated carbocycles. The topological polar surface area (TPSA) is 29.0 Å². The number of nitrogens with zero attached hydrogens (tertiary/aromatic N) is 3. The van der Waals surface area contributed by atoms with Gasteiger partial charge in [0.2, 0.25) is 5.95 Å². The molecular formula is C9H14ClN3. The molecule has 0 aromatic carbocycles. The molecule has 0 N–H and O–H groups in total. The van der Waals surface area contributed by atoms with Crippen LogP contribution in [-0.2, 0) is 0 Å². The second-order valence-corrected chi connectivity index (χ2v) is 3.42. The summed E-state index contributed by atoms with van der Waals surface area (Å²) in [6.07, 6.45) is 1.76. The Hall–Kier alpha value is -0.830. The standard InChI is InChI=1S/C9H14ClN3/c1-7-4-5-11-9(12-7)13(3)8(2)6-10/h4-5,8H,6H2,1-3H3. The van der Waals surface area contributed by atoms with Crippen LogP contribution in [0.2, 0.25) is 0 Å². The van der Waals surface area contributed by atoms with Gasteiger partial charge in [-0.15, -0.1) is 11.6 Å². The highest BCUT2D eigenvalue weighted by Crippen LogP contribution is 2.09. The molecule has 1 heterocycles. The predicted molar refractivity (Wildman–Crippen MR) is 55.4 cm³/mol. The van der Waals surface area contributed by atoms with Crippen molar-refractivity contribution >= 4 is 17.5 Å². The molecule has 0 saturated heterocycles. The van der Waals surface area contributed by atoms with Crippen LogP contribution in [0.5, 0.6) is 0 Å². The van der Waals surface area contributed by atoms with Crippen molar-refractivity contribution in [2.45, 2.75) is 19.9 Å². The maximum atomic E-state index is 5.74. The first-order valence-corrected chi connectivity index (χ1v) is 4.77. The number of alkyl halides is 1. The summed E-state index contributed by atoms with van der Waals surface area (Å²) in [6.45, 7) is 3.99. The summed E-state index contributed by atoms with van der Waals surface area (Å²) in [6, 6.07) is 2.13. The van der Waals surface area contributed by atoms with Gasteiger partial charge in [-0.05, 0) is 19.9 Å². The molecular weight excluding hydrogens is 186 g/mol. The maximum Gasteiger partial charge on any atom is 0.225 e. The first kappa shape index (κ1) is 10.3. The molecule has 72 valence electrons. The second kappa shape index (κ2) is 4.42. The lowest BCUT2D eigenvalue weighted by Gasteiger charge is -2.22. The minimum absolute atomic E-state index is 0.253. The molecule has 3 nitrogen and oxygen atoms in total. The highest BCUT2D eigenvalue weighted by Gasteiger charge is 2.10. The summed E-state index contributed by atoms with van der Waals surface area (Å²) >= 11 is 5.74. The van der Waals surface area contributed by atoms with Gasteiger partial charge in [-0.1, -0.05) is 0 Å². The van der Waals surface area contributed by atoms with Crippen LogP contribution in [0, 0.1) is 6.92 Å². The molecule has 0 radical (unpaired) electrons. The van der Waals surface area contributed by atoms with Crippen LogP contribution < -0.4 is 4.90 Å². The maximum absolute atomic E-state index is 5.74. The van der Waals surface area contributed by atoms with E-state index in [1.165, 1.54) is 0 Å². The molecule has 0 spiro atoms. The van der Waals surface area contributed by atoms with Gasteiger partial charge in [-0.25, -0.2) is 9.97 Å². The summed E-state index contributed by atoms with van der Waals surface area (Å²) < 4.78 is 0. The molecule has 1 rings (SSSR count). The molecule has 1 atom stereocenters. The second-order valence-electron chi connectivity index (χ2n) is 3.11. The number of rotatable bonds is 3. The lowest BCUT2D eigenvalue weighted by molar-refractivity contribution is 0.732. The average molecular weight is 200 g/mol. The quantitative estimate of drug-likeness (QED) is 0.696. The highest BCUT2D eigenvalue weighted by atomic mass is 35.5. The van der Waals surface area contributed by atoms with Crippen molar-refractivity contribution in [1.29, 1.82) is 0 Å². The van der Waals surface area contributed by atoms with Crippen LogP contribution in [-0.4, -0.2) is 28.9 Å². The third-order valence-corrected chi connectivity index (χ3v) is 2.43. The van der Waals surface area contributed by atoms with Crippen LogP contribution in [0.4, 0.5) is 5.95 Å². The molecule has 1 aromatic rings. The molecule has 0 fully saturated rings. The van der Waals surface area contributed by atoms with E-state index in [1.54, 1.807) is 6.20 Å². The van der Waals surface area contributed by atoms with Crippen molar-refractivity contribution in [1.82, 2.24) is 9.97 Å². The van der Waals surface area contributed by atoms with Gasteiger partial charge in [0, 0.05) is 30.9 Å². The summed E-state index contributed by atoms with van der Waals surface area (Å²) in [5.74, 6) is 1.31. The first-order valence-electron chi connectivity index (χ1n) is 4.23. The Kier molecular flexibility index (Phi) is 3.48. The molecule has 1 aromatic heterocycles. The fourth-order valence-electron chi connectivity index (χ4n) is 0.906. The van der Waals surface area contributed by atoms with Gasteiger partial charge in [0.25, 0.3) is 0 Å². The zero-order chi connectivity index (χ0) is 9.84. The number of aryl methyl sites for hydroxylation is 1. The van der Waals surface area contributed by atoms with Gasteiger partial charge < -0.3 is 4.90 Å². The third kappa shape index (κ3) is 2.56. The number of hydrogen-bond donors (Lipinski definition) is 0. The zero-order valence-electron chi connectivity index (χ0n) is 8.16. The lowest BCUT2D eigenvalue weighted by Crippen LogP contribution is -2.31. The summed E-state index contributed by atoms with van der Waals surface area (Å²) in [7, 11) is 1.95. The van der Waals surface area contributed by atoms with E-state index in [1.807, 2.05) is 31.9 Å². The predicted octanol–water partition coefficient (Wildman–Crippen LogP) is 1.85. The van der Waals surface area contributed by atoms with Gasteiger partial charge in [0.05, 0.1) is 0 Å². The van der Waals surface area contributed by atoms with Crippen molar-refractivity contribution in [3.8, 4) is 0 Å². The molecule has 13 heavy (non-hydrogen) atoms. The zero-order valence-corrected chi connectivity index (χ0v) is 8.91. The average Bonchev–Trinajstić information content (AvgIpc) is 2.15. The minimum Gasteiger partial charge on any atom is -0.340 e. The van der Waals surface area contributed by atoms with Crippen molar-refractivity contribution in [2.75, 3.05) is 17.8 Å². The van der Waals surface area contributed by atoms with Gasteiger partial charge in [0.1, 0.15) is 0 Å². The Morgan fingerprint density at radius 3 is 2.85 bits per heavy atom. The van der Waals surface area contributed by atoms with Gasteiger partial charge >= 0.3 is 0 Å². The molecule has 0 amide bonds. The molecule has 0 aliphatic carbocycles. The third-order valence-electron chi connectivity index (χ3n) is 1.98. The van der Waals surface area contributed by atoms with Crippen molar-refractivity contribution in [3.05, 3.63) is 18.0 Å². The molecule has 1 unspecified atom stereocenters. The fraction of sp³-hybridized carbons (Fsp3) is 0.556. The Bertz CT molecular complexity index is 277. The van der Waals surface area contributed by atoms with Gasteiger partial charge in [-0.3, -0.25) is 0 Å². The largest absolute Gasteiger partial charge is 0.340 e. The summed E-state index contributed by atoms with van der Waals surface area (Å²) in [5.41, 5.74) is 0.971. The van der Waals surface area contributed by atoms with E-state index in [9.17, 15) is 0 Å². The number of aromatic nitrogens is 2. The Balaban J connectivity index is 2.82. The van der Waals surface area contributed by atoms with Crippen LogP contribution in [0.25, 0.3) is 0 Å². The van der Waals surface area contributed by atoms with Crippen LogP contribution in [0.1, 0.15) is 12.6 Å². The Labute approximate surface area is 83.8 Å². The fourth-order valence-corrected chi connectivity index (χ4v) is 1.11. The Morgan fingerprint density at radius 1 is 1.62 bits per heavy atom. The number of halogens is 1. The Morgan fingerprint density at radius 2 is 2.31 bits per heavy atom. The van der Waals surface area contributed by atoms with E-state index < -0.39 is 0 Å². The van der Waals surface area contributed by atoms with Gasteiger partial charge in [0.15, 0.2) is 0 Å². The number of anilines is 1. The normalized spacial score (nSPS) is 12.6. The highest BCUT2D eigenvalue weighted by molar-refractivity contribution is 6.18. The van der Waals surface area contributed by atoms with E-state index in [0.29, 0.717) is 5.88 Å². The SMILES string of the molecule is Cc1ccnc(N(C)C(C)CCl)n1. The van der Waals surface area contributed by atoms with Gasteiger partial charge in [-0.2, -0.15) is 0 Å². The van der Waals surface area contributed by atoms with E-state index in [4.69, 9.17) is 11.6 Å². The summed E-state index contributed by atoms with van der Waals surface area (Å²) in [5, 5.41) is 0. The van der Waals surface area contributed by atoms with Crippen LogP contribution in [0.3, 0.4) is 0 Å². The van der Waals surface area contributed by atoms with Crippen molar-refractivity contribution in [3.63, 3.8) is 0 Å². The monoisotopic (exact) mass is 199 g/mol. The van der Waals surface area contributed by atoms with Crippen LogP contribution >= 0.6 is 11.6 Å². The first-order chi connectivity index (χ1) is 6.15. The molecule has 4 heteroatoms. The van der Waals surface area contributed by atoms with E-state index in [0.717, 1.165) is 11.6 Å². The molecule has 0 bridgehead atoms. The molecule has 0 aliphatic heterocycles. The lowest BCUT2D eigenvalue weighted by atomic mass is 10.3. The van der Waals surface area contributed by atoms with E-state index in [2.05, 4.69) is 9.97 Å². The smallest absolute Gasteiger partial charge is 0.225 e. The van der Waals surface area contributed by atoms with Crippen molar-refractivity contribution < 1.29 is 0 Å². The molecule has 0 aliphatic rings. The van der Waals surface area contributed by atoms with Crippen LogP contribution in [0.15, 0.2) is 12.3 Å².